The van der Waals surface area contributed by atoms with E-state index in [0.717, 1.165) is 29.5 Å². The normalized spacial score (nSPS) is 17.9. The molecule has 2 aromatic carbocycles. The number of anilines is 3. The van der Waals surface area contributed by atoms with Crippen molar-refractivity contribution in [2.45, 2.75) is 52.7 Å². The van der Waals surface area contributed by atoms with Crippen LogP contribution in [0.3, 0.4) is 0 Å². The number of rotatable bonds is 3. The maximum atomic E-state index is 12.9. The van der Waals surface area contributed by atoms with Crippen LogP contribution in [0.1, 0.15) is 39.7 Å². The lowest BCUT2D eigenvalue weighted by atomic mass is 9.96. The quantitative estimate of drug-likeness (QED) is 0.651. The standard InChI is InChI=1S/C25H31N3O5S/c1-16(2)33-25(30)26-15-17(3)28(18(4)29)22-11-10-21(14-24(22)26)20-9-8-19-7-6-12-27(23(19)13-20)34(5,31)32/h8-11,13-14,16-17H,6-7,12,15H2,1-5H3. The van der Waals surface area contributed by atoms with Crippen molar-refractivity contribution in [3.63, 3.8) is 0 Å². The van der Waals surface area contributed by atoms with Crippen LogP contribution in [0.2, 0.25) is 0 Å². The molecular formula is C25H31N3O5S. The fraction of sp³-hybridized carbons (Fsp3) is 0.440. The summed E-state index contributed by atoms with van der Waals surface area (Å²) in [7, 11) is -3.39. The predicted molar refractivity (Wildman–Crippen MR) is 134 cm³/mol. The van der Waals surface area contributed by atoms with Gasteiger partial charge in [-0.2, -0.15) is 0 Å². The Balaban J connectivity index is 1.82. The highest BCUT2D eigenvalue weighted by molar-refractivity contribution is 7.92. The summed E-state index contributed by atoms with van der Waals surface area (Å²) in [5, 5.41) is 0. The Morgan fingerprint density at radius 3 is 2.29 bits per heavy atom. The molecule has 34 heavy (non-hydrogen) atoms. The van der Waals surface area contributed by atoms with Gasteiger partial charge in [-0.25, -0.2) is 13.2 Å². The van der Waals surface area contributed by atoms with Crippen molar-refractivity contribution < 1.29 is 22.7 Å². The number of amides is 2. The highest BCUT2D eigenvalue weighted by Gasteiger charge is 2.35. The monoisotopic (exact) mass is 485 g/mol. The molecule has 2 amide bonds. The summed E-state index contributed by atoms with van der Waals surface area (Å²) in [6.07, 6.45) is 2.10. The molecule has 0 fully saturated rings. The molecule has 0 spiro atoms. The molecule has 8 nitrogen and oxygen atoms in total. The molecule has 0 aliphatic carbocycles. The van der Waals surface area contributed by atoms with Crippen LogP contribution in [0.5, 0.6) is 0 Å². The predicted octanol–water partition coefficient (Wildman–Crippen LogP) is 4.17. The van der Waals surface area contributed by atoms with Crippen molar-refractivity contribution in [2.24, 2.45) is 0 Å². The minimum absolute atomic E-state index is 0.101. The summed E-state index contributed by atoms with van der Waals surface area (Å²) in [5.74, 6) is -0.101. The van der Waals surface area contributed by atoms with Crippen LogP contribution in [0.15, 0.2) is 36.4 Å². The summed E-state index contributed by atoms with van der Waals surface area (Å²) in [5.41, 5.74) is 4.58. The van der Waals surface area contributed by atoms with Gasteiger partial charge < -0.3 is 9.64 Å². The number of hydrogen-bond donors (Lipinski definition) is 0. The second-order valence-electron chi connectivity index (χ2n) is 9.27. The van der Waals surface area contributed by atoms with E-state index in [-0.39, 0.29) is 18.1 Å². The molecule has 0 radical (unpaired) electrons. The van der Waals surface area contributed by atoms with E-state index >= 15 is 0 Å². The number of ether oxygens (including phenoxy) is 1. The third kappa shape index (κ3) is 4.49. The van der Waals surface area contributed by atoms with Crippen molar-refractivity contribution >= 4 is 39.1 Å². The lowest BCUT2D eigenvalue weighted by Gasteiger charge is -2.40. The van der Waals surface area contributed by atoms with Crippen LogP contribution in [0, 0.1) is 0 Å². The summed E-state index contributed by atoms with van der Waals surface area (Å²) >= 11 is 0. The van der Waals surface area contributed by atoms with Gasteiger partial charge in [-0.3, -0.25) is 14.0 Å². The first-order valence-corrected chi connectivity index (χ1v) is 13.3. The first-order valence-electron chi connectivity index (χ1n) is 11.5. The van der Waals surface area contributed by atoms with Crippen LogP contribution in [-0.4, -0.2) is 51.9 Å². The number of carbonyl (C=O) groups excluding carboxylic acids is 2. The number of fused-ring (bicyclic) bond motifs is 2. The lowest BCUT2D eigenvalue weighted by molar-refractivity contribution is -0.117. The van der Waals surface area contributed by atoms with Gasteiger partial charge in [-0.05, 0) is 68.5 Å². The third-order valence-electron chi connectivity index (χ3n) is 6.20. The molecule has 0 bridgehead atoms. The fourth-order valence-corrected chi connectivity index (χ4v) is 5.78. The zero-order valence-electron chi connectivity index (χ0n) is 20.2. The number of benzene rings is 2. The summed E-state index contributed by atoms with van der Waals surface area (Å²) < 4.78 is 31.6. The topological polar surface area (TPSA) is 87.2 Å². The van der Waals surface area contributed by atoms with Crippen LogP contribution in [-0.2, 0) is 26.0 Å². The van der Waals surface area contributed by atoms with Crippen LogP contribution >= 0.6 is 0 Å². The Hall–Kier alpha value is -3.07. The average molecular weight is 486 g/mol. The maximum absolute atomic E-state index is 12.9. The van der Waals surface area contributed by atoms with Gasteiger partial charge in [0.15, 0.2) is 0 Å². The zero-order valence-corrected chi connectivity index (χ0v) is 21.1. The second-order valence-corrected chi connectivity index (χ2v) is 11.2. The molecule has 1 unspecified atom stereocenters. The SMILES string of the molecule is CC(=O)N1c2ccc(-c3ccc4c(c3)N(S(C)(=O)=O)CCC4)cc2N(C(=O)OC(C)C)CC1C. The Kier molecular flexibility index (Phi) is 6.33. The molecule has 0 N–H and O–H groups in total. The van der Waals surface area contributed by atoms with Gasteiger partial charge in [0.25, 0.3) is 0 Å². The Bertz CT molecular complexity index is 1240. The van der Waals surface area contributed by atoms with Gasteiger partial charge in [0.2, 0.25) is 15.9 Å². The largest absolute Gasteiger partial charge is 0.446 e. The molecule has 2 heterocycles. The van der Waals surface area contributed by atoms with Gasteiger partial charge in [0, 0.05) is 20.0 Å². The minimum Gasteiger partial charge on any atom is -0.446 e. The van der Waals surface area contributed by atoms with Crippen molar-refractivity contribution in [3.05, 3.63) is 42.0 Å². The Labute approximate surface area is 201 Å². The highest BCUT2D eigenvalue weighted by atomic mass is 32.2. The van der Waals surface area contributed by atoms with Gasteiger partial charge >= 0.3 is 6.09 Å². The fourth-order valence-electron chi connectivity index (χ4n) is 4.79. The van der Waals surface area contributed by atoms with Crippen molar-refractivity contribution in [1.82, 2.24) is 0 Å². The molecule has 0 saturated carbocycles. The van der Waals surface area contributed by atoms with Crippen LogP contribution in [0.4, 0.5) is 21.9 Å². The highest BCUT2D eigenvalue weighted by Crippen LogP contribution is 2.41. The van der Waals surface area contributed by atoms with Crippen molar-refractivity contribution in [1.29, 1.82) is 0 Å². The first-order chi connectivity index (χ1) is 16.0. The van der Waals surface area contributed by atoms with Crippen LogP contribution < -0.4 is 14.1 Å². The smallest absolute Gasteiger partial charge is 0.414 e. The van der Waals surface area contributed by atoms with Crippen molar-refractivity contribution in [3.8, 4) is 11.1 Å². The Morgan fingerprint density at radius 1 is 1.03 bits per heavy atom. The minimum atomic E-state index is -3.39. The van der Waals surface area contributed by atoms with E-state index in [1.165, 1.54) is 17.5 Å². The molecule has 1 atom stereocenters. The number of sulfonamides is 1. The molecule has 9 heteroatoms. The summed E-state index contributed by atoms with van der Waals surface area (Å²) in [6.45, 7) is 7.78. The maximum Gasteiger partial charge on any atom is 0.414 e. The van der Waals surface area contributed by atoms with Crippen LogP contribution in [0.25, 0.3) is 11.1 Å². The van der Waals surface area contributed by atoms with Crippen molar-refractivity contribution in [2.75, 3.05) is 33.5 Å². The zero-order chi connectivity index (χ0) is 24.8. The number of hydrogen-bond acceptors (Lipinski definition) is 5. The van der Waals surface area contributed by atoms with E-state index in [9.17, 15) is 18.0 Å². The van der Waals surface area contributed by atoms with Gasteiger partial charge in [0.05, 0.1) is 35.5 Å². The van der Waals surface area contributed by atoms with Gasteiger partial charge in [-0.1, -0.05) is 18.2 Å². The summed E-state index contributed by atoms with van der Waals surface area (Å²) in [4.78, 5) is 28.6. The van der Waals surface area contributed by atoms with E-state index in [1.54, 1.807) is 23.6 Å². The number of nitrogens with zero attached hydrogens (tertiary/aromatic N) is 3. The van der Waals surface area contributed by atoms with Gasteiger partial charge in [0.1, 0.15) is 0 Å². The molecule has 0 aromatic heterocycles. The van der Waals surface area contributed by atoms with E-state index in [2.05, 4.69) is 0 Å². The second kappa shape index (κ2) is 8.94. The number of aryl methyl sites for hydroxylation is 1. The van der Waals surface area contributed by atoms with E-state index in [0.29, 0.717) is 30.2 Å². The summed E-state index contributed by atoms with van der Waals surface area (Å²) in [6, 6.07) is 11.2. The van der Waals surface area contributed by atoms with E-state index in [4.69, 9.17) is 4.74 Å². The molecule has 0 saturated heterocycles. The Morgan fingerprint density at radius 2 is 1.68 bits per heavy atom. The first kappa shape index (κ1) is 24.1. The molecule has 4 rings (SSSR count). The molecule has 182 valence electrons. The third-order valence-corrected chi connectivity index (χ3v) is 7.38. The van der Waals surface area contributed by atoms with E-state index in [1.807, 2.05) is 43.3 Å². The molecule has 2 aliphatic heterocycles. The molecule has 2 aromatic rings. The molecular weight excluding hydrogens is 454 g/mol. The number of carbonyl (C=O) groups is 2. The average Bonchev–Trinajstić information content (AvgIpc) is 2.76. The lowest BCUT2D eigenvalue weighted by Crippen LogP contribution is -2.51. The van der Waals surface area contributed by atoms with Gasteiger partial charge in [-0.15, -0.1) is 0 Å². The molecule has 2 aliphatic rings. The van der Waals surface area contributed by atoms with E-state index < -0.39 is 16.1 Å².